The molecule has 0 spiro atoms. The summed E-state index contributed by atoms with van der Waals surface area (Å²) in [6, 6.07) is -0.209. The highest BCUT2D eigenvalue weighted by Crippen LogP contribution is 2.11. The summed E-state index contributed by atoms with van der Waals surface area (Å²) < 4.78 is 35.0. The summed E-state index contributed by atoms with van der Waals surface area (Å²) in [6.07, 6.45) is -4.19. The van der Waals surface area contributed by atoms with Gasteiger partial charge >= 0.3 is 12.2 Å². The topological polar surface area (TPSA) is 44.4 Å². The predicted octanol–water partition coefficient (Wildman–Crippen LogP) is 0.164. The Morgan fingerprint density at radius 1 is 1.50 bits per heavy atom. The number of rotatable bonds is 4. The van der Waals surface area contributed by atoms with Crippen molar-refractivity contribution in [2.45, 2.75) is 6.18 Å². The van der Waals surface area contributed by atoms with Gasteiger partial charge in [-0.1, -0.05) is 0 Å². The molecule has 0 atom stereocenters. The molecule has 0 saturated carbocycles. The lowest BCUT2D eigenvalue weighted by Crippen LogP contribution is -2.37. The lowest BCUT2D eigenvalue weighted by atomic mass is 10.5. The van der Waals surface area contributed by atoms with Crippen molar-refractivity contribution in [2.75, 3.05) is 32.7 Å². The van der Waals surface area contributed by atoms with Crippen LogP contribution in [-0.4, -0.2) is 49.8 Å². The number of amides is 2. The van der Waals surface area contributed by atoms with Crippen LogP contribution in [0.25, 0.3) is 0 Å². The van der Waals surface area contributed by atoms with Crippen LogP contribution in [0, 0.1) is 0 Å². The number of nitrogens with zero attached hydrogens (tertiary/aromatic N) is 1. The second-order valence-electron chi connectivity index (χ2n) is 3.01. The average Bonchev–Trinajstić information content (AvgIpc) is 2.44. The Morgan fingerprint density at radius 3 is 2.71 bits per heavy atom. The zero-order valence-electron chi connectivity index (χ0n) is 7.52. The summed E-state index contributed by atoms with van der Waals surface area (Å²) in [7, 11) is 0. The van der Waals surface area contributed by atoms with Crippen molar-refractivity contribution in [3.05, 3.63) is 0 Å². The normalized spacial score (nSPS) is 17.4. The van der Waals surface area contributed by atoms with Crippen LogP contribution >= 0.6 is 0 Å². The number of alkyl halides is 3. The quantitative estimate of drug-likeness (QED) is 0.651. The molecule has 7 heteroatoms. The summed E-state index contributed by atoms with van der Waals surface area (Å²) in [5, 5.41) is 4.79. The predicted molar refractivity (Wildman–Crippen MR) is 43.9 cm³/mol. The molecule has 1 aliphatic rings. The van der Waals surface area contributed by atoms with Gasteiger partial charge < -0.3 is 15.5 Å². The van der Waals surface area contributed by atoms with Gasteiger partial charge in [-0.3, -0.25) is 0 Å². The van der Waals surface area contributed by atoms with Crippen molar-refractivity contribution >= 4 is 6.03 Å². The molecule has 1 heterocycles. The molecular formula is C7H12F3N3O. The van der Waals surface area contributed by atoms with Crippen LogP contribution in [0.2, 0.25) is 0 Å². The maximum atomic E-state index is 11.7. The molecule has 1 fully saturated rings. The summed E-state index contributed by atoms with van der Waals surface area (Å²) in [4.78, 5) is 12.4. The van der Waals surface area contributed by atoms with Gasteiger partial charge in [0.2, 0.25) is 0 Å². The van der Waals surface area contributed by atoms with E-state index in [1.54, 1.807) is 0 Å². The molecule has 0 unspecified atom stereocenters. The van der Waals surface area contributed by atoms with E-state index in [2.05, 4.69) is 10.6 Å². The fraction of sp³-hybridized carbons (Fsp3) is 0.857. The first kappa shape index (κ1) is 11.1. The molecule has 2 amide bonds. The van der Waals surface area contributed by atoms with Crippen LogP contribution in [0.3, 0.4) is 0 Å². The lowest BCUT2D eigenvalue weighted by molar-refractivity contribution is -0.124. The standard InChI is InChI=1S/C7H12F3N3O/c8-7(9,10)5-11-1-3-13-4-2-12-6(13)14/h11H,1-5H2,(H,12,14). The summed E-state index contributed by atoms with van der Waals surface area (Å²) >= 11 is 0. The smallest absolute Gasteiger partial charge is 0.336 e. The Morgan fingerprint density at radius 2 is 2.21 bits per heavy atom. The first-order valence-corrected chi connectivity index (χ1v) is 4.29. The Kier molecular flexibility index (Phi) is 3.56. The fourth-order valence-electron chi connectivity index (χ4n) is 1.17. The third-order valence-electron chi connectivity index (χ3n) is 1.83. The summed E-state index contributed by atoms with van der Waals surface area (Å²) in [5.41, 5.74) is 0. The van der Waals surface area contributed by atoms with E-state index in [9.17, 15) is 18.0 Å². The molecule has 0 bridgehead atoms. The molecule has 82 valence electrons. The zero-order chi connectivity index (χ0) is 10.6. The van der Waals surface area contributed by atoms with E-state index in [0.29, 0.717) is 19.6 Å². The van der Waals surface area contributed by atoms with E-state index < -0.39 is 12.7 Å². The zero-order valence-corrected chi connectivity index (χ0v) is 7.52. The molecule has 0 aromatic carbocycles. The first-order valence-electron chi connectivity index (χ1n) is 4.29. The van der Waals surface area contributed by atoms with Crippen LogP contribution in [0.15, 0.2) is 0 Å². The number of carbonyl (C=O) groups is 1. The van der Waals surface area contributed by atoms with Crippen molar-refractivity contribution in [3.63, 3.8) is 0 Å². The van der Waals surface area contributed by atoms with Gasteiger partial charge in [0.05, 0.1) is 6.54 Å². The average molecular weight is 211 g/mol. The fourth-order valence-corrected chi connectivity index (χ4v) is 1.17. The molecule has 1 aliphatic heterocycles. The second-order valence-corrected chi connectivity index (χ2v) is 3.01. The molecule has 1 rings (SSSR count). The highest BCUT2D eigenvalue weighted by atomic mass is 19.4. The third-order valence-corrected chi connectivity index (χ3v) is 1.83. The van der Waals surface area contributed by atoms with Gasteiger partial charge in [0.15, 0.2) is 0 Å². The number of carbonyl (C=O) groups excluding carboxylic acids is 1. The van der Waals surface area contributed by atoms with Gasteiger partial charge in [-0.25, -0.2) is 4.79 Å². The SMILES string of the molecule is O=C1NCCN1CCNCC(F)(F)F. The molecule has 0 aliphatic carbocycles. The third kappa shape index (κ3) is 3.82. The highest BCUT2D eigenvalue weighted by Gasteiger charge is 2.26. The molecule has 0 radical (unpaired) electrons. The van der Waals surface area contributed by atoms with Gasteiger partial charge in [0, 0.05) is 26.2 Å². The minimum atomic E-state index is -4.19. The molecule has 1 saturated heterocycles. The van der Waals surface area contributed by atoms with E-state index in [0.717, 1.165) is 0 Å². The minimum Gasteiger partial charge on any atom is -0.336 e. The molecular weight excluding hydrogens is 199 g/mol. The van der Waals surface area contributed by atoms with Crippen molar-refractivity contribution in [3.8, 4) is 0 Å². The molecule has 4 nitrogen and oxygen atoms in total. The van der Waals surface area contributed by atoms with Crippen LogP contribution in [0.4, 0.5) is 18.0 Å². The van der Waals surface area contributed by atoms with Crippen LogP contribution in [-0.2, 0) is 0 Å². The van der Waals surface area contributed by atoms with Gasteiger partial charge in [0.1, 0.15) is 0 Å². The molecule has 2 N–H and O–H groups in total. The van der Waals surface area contributed by atoms with Crippen LogP contribution < -0.4 is 10.6 Å². The molecule has 0 aromatic heterocycles. The Balaban J connectivity index is 2.07. The van der Waals surface area contributed by atoms with Crippen molar-refractivity contribution in [1.82, 2.24) is 15.5 Å². The molecule has 0 aromatic rings. The maximum Gasteiger partial charge on any atom is 0.401 e. The lowest BCUT2D eigenvalue weighted by Gasteiger charge is -2.14. The van der Waals surface area contributed by atoms with E-state index in [1.807, 2.05) is 0 Å². The second kappa shape index (κ2) is 4.50. The molecule has 14 heavy (non-hydrogen) atoms. The van der Waals surface area contributed by atoms with Crippen LogP contribution in [0.1, 0.15) is 0 Å². The first-order chi connectivity index (χ1) is 6.49. The largest absolute Gasteiger partial charge is 0.401 e. The van der Waals surface area contributed by atoms with Crippen molar-refractivity contribution < 1.29 is 18.0 Å². The Hall–Kier alpha value is -0.980. The Labute approximate surface area is 79.4 Å². The van der Waals surface area contributed by atoms with Crippen molar-refractivity contribution in [1.29, 1.82) is 0 Å². The van der Waals surface area contributed by atoms with E-state index in [-0.39, 0.29) is 12.6 Å². The van der Waals surface area contributed by atoms with E-state index in [1.165, 1.54) is 4.90 Å². The van der Waals surface area contributed by atoms with Gasteiger partial charge in [-0.05, 0) is 0 Å². The van der Waals surface area contributed by atoms with E-state index >= 15 is 0 Å². The minimum absolute atomic E-state index is 0.160. The number of hydrogen-bond donors (Lipinski definition) is 2. The summed E-state index contributed by atoms with van der Waals surface area (Å²) in [5.74, 6) is 0. The number of nitrogens with one attached hydrogen (secondary N) is 2. The highest BCUT2D eigenvalue weighted by molar-refractivity contribution is 5.76. The van der Waals surface area contributed by atoms with E-state index in [4.69, 9.17) is 0 Å². The monoisotopic (exact) mass is 211 g/mol. The van der Waals surface area contributed by atoms with Gasteiger partial charge in [-0.2, -0.15) is 13.2 Å². The van der Waals surface area contributed by atoms with Gasteiger partial charge in [0.25, 0.3) is 0 Å². The number of urea groups is 1. The van der Waals surface area contributed by atoms with Crippen molar-refractivity contribution in [2.24, 2.45) is 0 Å². The number of halogens is 3. The maximum absolute atomic E-state index is 11.7. The van der Waals surface area contributed by atoms with Gasteiger partial charge in [-0.15, -0.1) is 0 Å². The Bertz CT molecular complexity index is 207. The summed E-state index contributed by atoms with van der Waals surface area (Å²) in [6.45, 7) is 0.585. The van der Waals surface area contributed by atoms with Crippen LogP contribution in [0.5, 0.6) is 0 Å². The number of hydrogen-bond acceptors (Lipinski definition) is 2.